The van der Waals surface area contributed by atoms with Gasteiger partial charge in [-0.2, -0.15) is 5.26 Å². The van der Waals surface area contributed by atoms with Crippen LogP contribution in [-0.4, -0.2) is 23.0 Å². The lowest BCUT2D eigenvalue weighted by atomic mass is 9.99. The molecule has 0 fully saturated rings. The molecule has 5 nitrogen and oxygen atoms in total. The van der Waals surface area contributed by atoms with E-state index in [0.29, 0.717) is 17.5 Å². The number of hydrogen-bond donors (Lipinski definition) is 2. The summed E-state index contributed by atoms with van der Waals surface area (Å²) in [5.74, 6) is -1.65. The molecule has 1 amide bonds. The SMILES string of the molecule is CCC(C)[C@H](NC(=O)c1ccc(C#N)cc1)C(=O)O. The predicted octanol–water partition coefficient (Wildman–Crippen LogP) is 1.79. The number of carboxylic acid groups (broad SMARTS) is 1. The molecule has 0 heterocycles. The molecule has 2 N–H and O–H groups in total. The highest BCUT2D eigenvalue weighted by Gasteiger charge is 2.25. The van der Waals surface area contributed by atoms with Crippen molar-refractivity contribution in [3.05, 3.63) is 35.4 Å². The summed E-state index contributed by atoms with van der Waals surface area (Å²) in [6.45, 7) is 3.65. The smallest absolute Gasteiger partial charge is 0.326 e. The molecule has 1 rings (SSSR count). The fourth-order valence-corrected chi connectivity index (χ4v) is 1.60. The Labute approximate surface area is 111 Å². The number of hydrogen-bond acceptors (Lipinski definition) is 3. The van der Waals surface area contributed by atoms with Crippen LogP contribution in [0.5, 0.6) is 0 Å². The van der Waals surface area contributed by atoms with Crippen molar-refractivity contribution in [1.82, 2.24) is 5.32 Å². The van der Waals surface area contributed by atoms with Crippen LogP contribution in [0.1, 0.15) is 36.2 Å². The molecule has 0 aliphatic carbocycles. The molecule has 0 aliphatic heterocycles. The summed E-state index contributed by atoms with van der Waals surface area (Å²) in [7, 11) is 0. The van der Waals surface area contributed by atoms with E-state index in [2.05, 4.69) is 5.32 Å². The van der Waals surface area contributed by atoms with E-state index in [1.165, 1.54) is 24.3 Å². The zero-order valence-electron chi connectivity index (χ0n) is 10.9. The first kappa shape index (κ1) is 14.7. The molecule has 100 valence electrons. The van der Waals surface area contributed by atoms with Gasteiger partial charge in [-0.25, -0.2) is 4.79 Å². The monoisotopic (exact) mass is 260 g/mol. The second kappa shape index (κ2) is 6.55. The minimum Gasteiger partial charge on any atom is -0.480 e. The number of carbonyl (C=O) groups is 2. The van der Waals surface area contributed by atoms with Gasteiger partial charge in [0, 0.05) is 5.56 Å². The second-order valence-corrected chi connectivity index (χ2v) is 4.36. The first-order chi connectivity index (χ1) is 8.99. The Morgan fingerprint density at radius 3 is 2.37 bits per heavy atom. The van der Waals surface area contributed by atoms with Crippen LogP contribution in [0.4, 0.5) is 0 Å². The zero-order valence-corrected chi connectivity index (χ0v) is 10.9. The molecule has 0 bridgehead atoms. The van der Waals surface area contributed by atoms with Gasteiger partial charge in [-0.3, -0.25) is 4.79 Å². The van der Waals surface area contributed by atoms with Crippen LogP contribution >= 0.6 is 0 Å². The predicted molar refractivity (Wildman–Crippen MR) is 69.5 cm³/mol. The van der Waals surface area contributed by atoms with Crippen LogP contribution in [-0.2, 0) is 4.79 Å². The molecule has 2 atom stereocenters. The van der Waals surface area contributed by atoms with Crippen molar-refractivity contribution in [2.45, 2.75) is 26.3 Å². The lowest BCUT2D eigenvalue weighted by Gasteiger charge is -2.20. The third-order valence-electron chi connectivity index (χ3n) is 3.04. The van der Waals surface area contributed by atoms with Crippen LogP contribution in [0.15, 0.2) is 24.3 Å². The fraction of sp³-hybridized carbons (Fsp3) is 0.357. The van der Waals surface area contributed by atoms with Gasteiger partial charge in [-0.1, -0.05) is 20.3 Å². The van der Waals surface area contributed by atoms with Gasteiger partial charge in [0.15, 0.2) is 0 Å². The lowest BCUT2D eigenvalue weighted by molar-refractivity contribution is -0.140. The van der Waals surface area contributed by atoms with E-state index in [0.717, 1.165) is 0 Å². The number of amides is 1. The first-order valence-electron chi connectivity index (χ1n) is 6.03. The topological polar surface area (TPSA) is 90.2 Å². The molecule has 1 unspecified atom stereocenters. The zero-order chi connectivity index (χ0) is 14.4. The number of nitrogens with zero attached hydrogens (tertiary/aromatic N) is 1. The third kappa shape index (κ3) is 3.81. The molecule has 5 heteroatoms. The van der Waals surface area contributed by atoms with Crippen LogP contribution < -0.4 is 5.32 Å². The number of nitriles is 1. The standard InChI is InChI=1S/C14H16N2O3/c1-3-9(2)12(14(18)19)16-13(17)11-6-4-10(8-15)5-7-11/h4-7,9,12H,3H2,1-2H3,(H,16,17)(H,18,19)/t9?,12-/m0/s1. The molecule has 0 saturated heterocycles. The Kier molecular flexibility index (Phi) is 5.07. The Hall–Kier alpha value is -2.35. The van der Waals surface area contributed by atoms with Crippen LogP contribution in [0.2, 0.25) is 0 Å². The average Bonchev–Trinajstić information content (AvgIpc) is 2.43. The Bertz CT molecular complexity index is 502. The quantitative estimate of drug-likeness (QED) is 0.844. The normalized spacial score (nSPS) is 13.1. The van der Waals surface area contributed by atoms with Crippen molar-refractivity contribution in [3.8, 4) is 6.07 Å². The molecule has 0 aromatic heterocycles. The van der Waals surface area contributed by atoms with Crippen molar-refractivity contribution in [2.75, 3.05) is 0 Å². The van der Waals surface area contributed by atoms with Crippen molar-refractivity contribution in [2.24, 2.45) is 5.92 Å². The van der Waals surface area contributed by atoms with E-state index in [1.54, 1.807) is 6.92 Å². The molecule has 0 aliphatic rings. The Morgan fingerprint density at radius 1 is 1.37 bits per heavy atom. The molecule has 19 heavy (non-hydrogen) atoms. The molecule has 0 spiro atoms. The van der Waals surface area contributed by atoms with E-state index in [-0.39, 0.29) is 5.92 Å². The summed E-state index contributed by atoms with van der Waals surface area (Å²) in [5.41, 5.74) is 0.793. The number of aliphatic carboxylic acids is 1. The van der Waals surface area contributed by atoms with E-state index >= 15 is 0 Å². The maximum atomic E-state index is 11.9. The molecule has 0 radical (unpaired) electrons. The van der Waals surface area contributed by atoms with Crippen molar-refractivity contribution < 1.29 is 14.7 Å². The summed E-state index contributed by atoms with van der Waals surface area (Å²) >= 11 is 0. The highest BCUT2D eigenvalue weighted by Crippen LogP contribution is 2.10. The minimum atomic E-state index is -1.05. The van der Waals surface area contributed by atoms with E-state index in [1.807, 2.05) is 13.0 Å². The van der Waals surface area contributed by atoms with Gasteiger partial charge in [0.05, 0.1) is 11.6 Å². The van der Waals surface area contributed by atoms with Gasteiger partial charge in [-0.15, -0.1) is 0 Å². The van der Waals surface area contributed by atoms with Gasteiger partial charge in [0.25, 0.3) is 5.91 Å². The molecular formula is C14H16N2O3. The molecular weight excluding hydrogens is 244 g/mol. The number of nitrogens with one attached hydrogen (secondary N) is 1. The van der Waals surface area contributed by atoms with Gasteiger partial charge in [-0.05, 0) is 30.2 Å². The molecule has 1 aromatic carbocycles. The Balaban J connectivity index is 2.82. The average molecular weight is 260 g/mol. The summed E-state index contributed by atoms with van der Waals surface area (Å²) in [6.07, 6.45) is 0.657. The van der Waals surface area contributed by atoms with E-state index in [4.69, 9.17) is 10.4 Å². The van der Waals surface area contributed by atoms with Gasteiger partial charge in [0.2, 0.25) is 0 Å². The number of rotatable bonds is 5. The first-order valence-corrected chi connectivity index (χ1v) is 6.03. The number of carboxylic acids is 1. The maximum Gasteiger partial charge on any atom is 0.326 e. The highest BCUT2D eigenvalue weighted by atomic mass is 16.4. The summed E-state index contributed by atoms with van der Waals surface area (Å²) in [5, 5.41) is 20.3. The largest absolute Gasteiger partial charge is 0.480 e. The highest BCUT2D eigenvalue weighted by molar-refractivity contribution is 5.96. The van der Waals surface area contributed by atoms with Crippen LogP contribution in [0, 0.1) is 17.2 Å². The Morgan fingerprint density at radius 2 is 1.95 bits per heavy atom. The minimum absolute atomic E-state index is 0.153. The summed E-state index contributed by atoms with van der Waals surface area (Å²) < 4.78 is 0. The second-order valence-electron chi connectivity index (χ2n) is 4.36. The third-order valence-corrected chi connectivity index (χ3v) is 3.04. The van der Waals surface area contributed by atoms with Gasteiger partial charge in [0.1, 0.15) is 6.04 Å². The maximum absolute atomic E-state index is 11.9. The van der Waals surface area contributed by atoms with E-state index in [9.17, 15) is 9.59 Å². The number of benzene rings is 1. The van der Waals surface area contributed by atoms with Gasteiger partial charge < -0.3 is 10.4 Å². The fourth-order valence-electron chi connectivity index (χ4n) is 1.60. The van der Waals surface area contributed by atoms with Crippen LogP contribution in [0.25, 0.3) is 0 Å². The van der Waals surface area contributed by atoms with Crippen molar-refractivity contribution in [1.29, 1.82) is 5.26 Å². The van der Waals surface area contributed by atoms with Gasteiger partial charge >= 0.3 is 5.97 Å². The number of carbonyl (C=O) groups excluding carboxylic acids is 1. The molecule has 0 saturated carbocycles. The summed E-state index contributed by atoms with van der Waals surface area (Å²) in [6, 6.07) is 7.09. The van der Waals surface area contributed by atoms with E-state index < -0.39 is 17.9 Å². The van der Waals surface area contributed by atoms with Crippen LogP contribution in [0.3, 0.4) is 0 Å². The van der Waals surface area contributed by atoms with Crippen molar-refractivity contribution >= 4 is 11.9 Å². The van der Waals surface area contributed by atoms with Crippen molar-refractivity contribution in [3.63, 3.8) is 0 Å². The lowest BCUT2D eigenvalue weighted by Crippen LogP contribution is -2.45. The molecule has 1 aromatic rings. The summed E-state index contributed by atoms with van der Waals surface area (Å²) in [4.78, 5) is 23.0.